The van der Waals surface area contributed by atoms with Crippen molar-refractivity contribution in [1.82, 2.24) is 3.97 Å². The van der Waals surface area contributed by atoms with Gasteiger partial charge in [0.1, 0.15) is 0 Å². The van der Waals surface area contributed by atoms with E-state index in [4.69, 9.17) is 11.5 Å². The van der Waals surface area contributed by atoms with Crippen LogP contribution in [-0.2, 0) is 10.0 Å². The molecule has 0 aliphatic rings. The van der Waals surface area contributed by atoms with Crippen LogP contribution in [0.15, 0.2) is 74.3 Å². The quantitative estimate of drug-likeness (QED) is 0.373. The van der Waals surface area contributed by atoms with E-state index < -0.39 is 10.0 Å². The summed E-state index contributed by atoms with van der Waals surface area (Å²) in [6.07, 6.45) is 1.53. The normalized spacial score (nSPS) is 12.3. The van der Waals surface area contributed by atoms with Crippen molar-refractivity contribution in [2.75, 3.05) is 0 Å². The molecule has 3 aromatic rings. The standard InChI is InChI=1S/C17H16BrN5O2S/c1-11(21-22-17(19)20)15-10-23(16-5-3-2-4-14(15)16)26(24,25)13-8-6-12(18)7-9-13/h2-10H,1H3,(H4,19,20,22). The first kappa shape index (κ1) is 18.2. The van der Waals surface area contributed by atoms with E-state index in [1.807, 2.05) is 12.1 Å². The number of fused-ring (bicyclic) bond motifs is 1. The van der Waals surface area contributed by atoms with Gasteiger partial charge in [0, 0.05) is 21.6 Å². The highest BCUT2D eigenvalue weighted by atomic mass is 79.9. The summed E-state index contributed by atoms with van der Waals surface area (Å²) in [5, 5.41) is 8.34. The molecule has 7 nitrogen and oxygen atoms in total. The molecule has 0 radical (unpaired) electrons. The van der Waals surface area contributed by atoms with Crippen molar-refractivity contribution < 1.29 is 8.42 Å². The minimum Gasteiger partial charge on any atom is -0.369 e. The Balaban J connectivity index is 2.23. The molecule has 0 amide bonds. The largest absolute Gasteiger partial charge is 0.369 e. The maximum Gasteiger partial charge on any atom is 0.268 e. The molecule has 134 valence electrons. The van der Waals surface area contributed by atoms with Crippen molar-refractivity contribution >= 4 is 48.5 Å². The van der Waals surface area contributed by atoms with Gasteiger partial charge in [-0.1, -0.05) is 34.1 Å². The summed E-state index contributed by atoms with van der Waals surface area (Å²) >= 11 is 3.31. The number of benzene rings is 2. The van der Waals surface area contributed by atoms with Gasteiger partial charge in [-0.2, -0.15) is 5.10 Å². The Labute approximate surface area is 159 Å². The lowest BCUT2D eigenvalue weighted by atomic mass is 10.1. The van der Waals surface area contributed by atoms with Crippen molar-refractivity contribution in [3.8, 4) is 0 Å². The van der Waals surface area contributed by atoms with Gasteiger partial charge in [-0.15, -0.1) is 5.10 Å². The van der Waals surface area contributed by atoms with Gasteiger partial charge in [0.15, 0.2) is 0 Å². The second-order valence-corrected chi connectivity index (χ2v) is 8.26. The molecule has 0 bridgehead atoms. The summed E-state index contributed by atoms with van der Waals surface area (Å²) in [4.78, 5) is 0.187. The van der Waals surface area contributed by atoms with Crippen molar-refractivity contribution in [2.24, 2.45) is 21.7 Å². The molecule has 26 heavy (non-hydrogen) atoms. The summed E-state index contributed by atoms with van der Waals surface area (Å²) in [5.74, 6) is -0.171. The number of rotatable bonds is 4. The van der Waals surface area contributed by atoms with Gasteiger partial charge in [-0.3, -0.25) is 0 Å². The van der Waals surface area contributed by atoms with Gasteiger partial charge >= 0.3 is 0 Å². The van der Waals surface area contributed by atoms with E-state index in [-0.39, 0.29) is 10.9 Å². The molecule has 9 heteroatoms. The van der Waals surface area contributed by atoms with E-state index in [9.17, 15) is 8.42 Å². The van der Waals surface area contributed by atoms with Crippen molar-refractivity contribution in [1.29, 1.82) is 0 Å². The third kappa shape index (κ3) is 3.35. The van der Waals surface area contributed by atoms with Crippen LogP contribution in [0, 0.1) is 0 Å². The molecule has 1 heterocycles. The number of nitrogens with two attached hydrogens (primary N) is 2. The minimum absolute atomic E-state index is 0.171. The van der Waals surface area contributed by atoms with E-state index >= 15 is 0 Å². The fourth-order valence-electron chi connectivity index (χ4n) is 2.54. The van der Waals surface area contributed by atoms with Gasteiger partial charge in [0.2, 0.25) is 5.96 Å². The highest BCUT2D eigenvalue weighted by Gasteiger charge is 2.21. The number of hydrogen-bond acceptors (Lipinski definition) is 4. The van der Waals surface area contributed by atoms with Crippen LogP contribution in [0.25, 0.3) is 10.9 Å². The van der Waals surface area contributed by atoms with Crippen LogP contribution in [0.1, 0.15) is 12.5 Å². The number of nitrogens with zero attached hydrogens (tertiary/aromatic N) is 3. The zero-order valence-corrected chi connectivity index (χ0v) is 16.2. The Morgan fingerprint density at radius 1 is 1.04 bits per heavy atom. The lowest BCUT2D eigenvalue weighted by Crippen LogP contribution is -2.22. The van der Waals surface area contributed by atoms with E-state index in [2.05, 4.69) is 26.1 Å². The third-order valence-corrected chi connectivity index (χ3v) is 5.97. The Bertz CT molecular complexity index is 1130. The van der Waals surface area contributed by atoms with Crippen LogP contribution < -0.4 is 11.5 Å². The van der Waals surface area contributed by atoms with E-state index in [0.29, 0.717) is 16.8 Å². The summed E-state index contributed by atoms with van der Waals surface area (Å²) in [6, 6.07) is 13.6. The predicted molar refractivity (Wildman–Crippen MR) is 107 cm³/mol. The highest BCUT2D eigenvalue weighted by Crippen LogP contribution is 2.27. The third-order valence-electron chi connectivity index (χ3n) is 3.75. The number of guanidine groups is 1. The number of para-hydroxylation sites is 1. The molecule has 0 unspecified atom stereocenters. The maximum absolute atomic E-state index is 13.1. The predicted octanol–water partition coefficient (Wildman–Crippen LogP) is 2.64. The second-order valence-electron chi connectivity index (χ2n) is 5.52. The number of hydrogen-bond donors (Lipinski definition) is 2. The van der Waals surface area contributed by atoms with Gasteiger partial charge in [0.05, 0.1) is 16.1 Å². The topological polar surface area (TPSA) is 116 Å². The minimum atomic E-state index is -3.77. The molecule has 3 rings (SSSR count). The zero-order valence-electron chi connectivity index (χ0n) is 13.8. The second kappa shape index (κ2) is 6.93. The molecule has 4 N–H and O–H groups in total. The first-order chi connectivity index (χ1) is 12.3. The number of aromatic nitrogens is 1. The molecule has 0 saturated carbocycles. The fraction of sp³-hybridized carbons (Fsp3) is 0.0588. The Hall–Kier alpha value is -2.65. The highest BCUT2D eigenvalue weighted by molar-refractivity contribution is 9.10. The number of halogens is 1. The molecule has 0 fully saturated rings. The Morgan fingerprint density at radius 2 is 1.69 bits per heavy atom. The monoisotopic (exact) mass is 433 g/mol. The average Bonchev–Trinajstić information content (AvgIpc) is 3.00. The lowest BCUT2D eigenvalue weighted by Gasteiger charge is -2.07. The van der Waals surface area contributed by atoms with E-state index in [0.717, 1.165) is 9.86 Å². The molecule has 1 aromatic heterocycles. The molecule has 2 aromatic carbocycles. The molecule has 0 saturated heterocycles. The van der Waals surface area contributed by atoms with Crippen molar-refractivity contribution in [2.45, 2.75) is 11.8 Å². The van der Waals surface area contributed by atoms with E-state index in [1.165, 1.54) is 10.2 Å². The summed E-state index contributed by atoms with van der Waals surface area (Å²) in [7, 11) is -3.77. The molecular weight excluding hydrogens is 418 g/mol. The van der Waals surface area contributed by atoms with E-state index in [1.54, 1.807) is 43.3 Å². The van der Waals surface area contributed by atoms with Crippen LogP contribution in [0.5, 0.6) is 0 Å². The van der Waals surface area contributed by atoms with Crippen LogP contribution in [0.2, 0.25) is 0 Å². The SMILES string of the molecule is CC(=NN=C(N)N)c1cn(S(=O)(=O)c2ccc(Br)cc2)c2ccccc12. The molecule has 0 spiro atoms. The van der Waals surface area contributed by atoms with Gasteiger partial charge in [-0.05, 0) is 37.3 Å². The van der Waals surface area contributed by atoms with Gasteiger partial charge in [0.25, 0.3) is 10.0 Å². The van der Waals surface area contributed by atoms with Crippen LogP contribution in [0.4, 0.5) is 0 Å². The Morgan fingerprint density at radius 3 is 2.35 bits per heavy atom. The van der Waals surface area contributed by atoms with Crippen LogP contribution in [0.3, 0.4) is 0 Å². The van der Waals surface area contributed by atoms with Crippen LogP contribution in [-0.4, -0.2) is 24.1 Å². The average molecular weight is 434 g/mol. The lowest BCUT2D eigenvalue weighted by molar-refractivity contribution is 0.589. The smallest absolute Gasteiger partial charge is 0.268 e. The summed E-state index contributed by atoms with van der Waals surface area (Å²) in [5.41, 5.74) is 12.3. The Kier molecular flexibility index (Phi) is 4.84. The van der Waals surface area contributed by atoms with Crippen molar-refractivity contribution in [3.05, 3.63) is 64.8 Å². The first-order valence-electron chi connectivity index (χ1n) is 7.55. The van der Waals surface area contributed by atoms with Crippen LogP contribution >= 0.6 is 15.9 Å². The van der Waals surface area contributed by atoms with Gasteiger partial charge < -0.3 is 11.5 Å². The molecular formula is C17H16BrN5O2S. The molecule has 0 aliphatic carbocycles. The summed E-state index contributed by atoms with van der Waals surface area (Å²) < 4.78 is 28.2. The van der Waals surface area contributed by atoms with Gasteiger partial charge in [-0.25, -0.2) is 12.4 Å². The van der Waals surface area contributed by atoms with Crippen molar-refractivity contribution in [3.63, 3.8) is 0 Å². The zero-order chi connectivity index (χ0) is 18.9. The maximum atomic E-state index is 13.1. The molecule has 0 atom stereocenters. The summed E-state index contributed by atoms with van der Waals surface area (Å²) in [6.45, 7) is 1.71. The first-order valence-corrected chi connectivity index (χ1v) is 9.79. The fourth-order valence-corrected chi connectivity index (χ4v) is 4.18. The molecule has 0 aliphatic heterocycles.